The Labute approximate surface area is 76.5 Å². The van der Waals surface area contributed by atoms with Crippen LogP contribution in [0.5, 0.6) is 0 Å². The van der Waals surface area contributed by atoms with Crippen LogP contribution in [0.1, 0.15) is 47.0 Å². The molecule has 0 heterocycles. The van der Waals surface area contributed by atoms with E-state index in [1.807, 2.05) is 6.92 Å². The van der Waals surface area contributed by atoms with Crippen LogP contribution < -0.4 is 0 Å². The maximum absolute atomic E-state index is 9.21. The summed E-state index contributed by atoms with van der Waals surface area (Å²) in [5.74, 6) is 0. The van der Waals surface area contributed by atoms with E-state index in [0.29, 0.717) is 0 Å². The molecule has 0 spiro atoms. The van der Waals surface area contributed by atoms with Crippen molar-refractivity contribution in [3.8, 4) is 0 Å². The number of hydrogen-bond donors (Lipinski definition) is 1. The van der Waals surface area contributed by atoms with Crippen molar-refractivity contribution in [3.05, 3.63) is 12.2 Å². The van der Waals surface area contributed by atoms with Crippen molar-refractivity contribution >= 4 is 0 Å². The molecule has 0 aliphatic heterocycles. The maximum atomic E-state index is 9.21. The predicted octanol–water partition coefficient (Wildman–Crippen LogP) is 3.14. The second-order valence-electron chi connectivity index (χ2n) is 4.23. The fraction of sp³-hybridized carbons (Fsp3) is 0.818. The molecule has 0 saturated carbocycles. The van der Waals surface area contributed by atoms with Gasteiger partial charge < -0.3 is 5.11 Å². The van der Waals surface area contributed by atoms with E-state index in [0.717, 1.165) is 12.8 Å². The highest BCUT2D eigenvalue weighted by atomic mass is 16.3. The fourth-order valence-electron chi connectivity index (χ4n) is 1.40. The summed E-state index contributed by atoms with van der Waals surface area (Å²) in [6, 6.07) is 0. The molecule has 0 saturated heterocycles. The van der Waals surface area contributed by atoms with Crippen LogP contribution in [0, 0.1) is 5.41 Å². The van der Waals surface area contributed by atoms with Crippen LogP contribution >= 0.6 is 0 Å². The van der Waals surface area contributed by atoms with Gasteiger partial charge in [0, 0.05) is 0 Å². The zero-order valence-corrected chi connectivity index (χ0v) is 8.80. The van der Waals surface area contributed by atoms with Crippen LogP contribution in [0.25, 0.3) is 0 Å². The van der Waals surface area contributed by atoms with Gasteiger partial charge in [-0.2, -0.15) is 0 Å². The first-order valence-corrected chi connectivity index (χ1v) is 4.83. The summed E-state index contributed by atoms with van der Waals surface area (Å²) in [7, 11) is 0. The number of aliphatic hydroxyl groups excluding tert-OH is 1. The Balaban J connectivity index is 3.85. The largest absolute Gasteiger partial charge is 0.393 e. The summed E-state index contributed by atoms with van der Waals surface area (Å²) in [4.78, 5) is 0. The third-order valence-electron chi connectivity index (χ3n) is 1.85. The fourth-order valence-corrected chi connectivity index (χ4v) is 1.40. The van der Waals surface area contributed by atoms with Crippen molar-refractivity contribution in [2.24, 2.45) is 5.41 Å². The summed E-state index contributed by atoms with van der Waals surface area (Å²) in [6.07, 6.45) is 7.40. The average molecular weight is 170 g/mol. The van der Waals surface area contributed by atoms with Crippen molar-refractivity contribution in [2.45, 2.75) is 53.1 Å². The topological polar surface area (TPSA) is 20.2 Å². The van der Waals surface area contributed by atoms with Crippen LogP contribution in [-0.4, -0.2) is 11.2 Å². The molecule has 0 radical (unpaired) electrons. The van der Waals surface area contributed by atoms with Gasteiger partial charge in [-0.25, -0.2) is 0 Å². The Bertz CT molecular complexity index is 134. The van der Waals surface area contributed by atoms with Gasteiger partial charge in [0.1, 0.15) is 0 Å². The van der Waals surface area contributed by atoms with Gasteiger partial charge in [0.15, 0.2) is 0 Å². The van der Waals surface area contributed by atoms with E-state index in [-0.39, 0.29) is 11.5 Å². The standard InChI is InChI=1S/C11H22O/c1-5-6-7-8-11(3,4)9-10(2)12/h7-8,10,12H,5-6,9H2,1-4H3/b8-7+. The Morgan fingerprint density at radius 1 is 1.42 bits per heavy atom. The third kappa shape index (κ3) is 6.41. The zero-order chi connectivity index (χ0) is 9.61. The van der Waals surface area contributed by atoms with Gasteiger partial charge in [0.05, 0.1) is 6.10 Å². The number of hydrogen-bond acceptors (Lipinski definition) is 1. The Morgan fingerprint density at radius 3 is 2.42 bits per heavy atom. The first-order valence-electron chi connectivity index (χ1n) is 4.83. The second-order valence-corrected chi connectivity index (χ2v) is 4.23. The van der Waals surface area contributed by atoms with Crippen molar-refractivity contribution in [1.29, 1.82) is 0 Å². The predicted molar refractivity (Wildman–Crippen MR) is 54.1 cm³/mol. The molecule has 72 valence electrons. The molecule has 0 fully saturated rings. The monoisotopic (exact) mass is 170 g/mol. The van der Waals surface area contributed by atoms with E-state index in [9.17, 15) is 5.11 Å². The molecule has 1 heteroatoms. The van der Waals surface area contributed by atoms with Crippen molar-refractivity contribution < 1.29 is 5.11 Å². The lowest BCUT2D eigenvalue weighted by atomic mass is 9.86. The van der Waals surface area contributed by atoms with Crippen LogP contribution in [0.2, 0.25) is 0 Å². The van der Waals surface area contributed by atoms with E-state index < -0.39 is 0 Å². The lowest BCUT2D eigenvalue weighted by molar-refractivity contribution is 0.148. The highest BCUT2D eigenvalue weighted by Crippen LogP contribution is 2.24. The smallest absolute Gasteiger partial charge is 0.0520 e. The molecule has 0 aromatic rings. The molecule has 0 amide bonds. The van der Waals surface area contributed by atoms with E-state index in [4.69, 9.17) is 0 Å². The van der Waals surface area contributed by atoms with Gasteiger partial charge in [-0.05, 0) is 25.2 Å². The maximum Gasteiger partial charge on any atom is 0.0520 e. The molecular weight excluding hydrogens is 148 g/mol. The third-order valence-corrected chi connectivity index (χ3v) is 1.85. The summed E-state index contributed by atoms with van der Waals surface area (Å²) >= 11 is 0. The van der Waals surface area contributed by atoms with Gasteiger partial charge in [0.25, 0.3) is 0 Å². The molecular formula is C11H22O. The summed E-state index contributed by atoms with van der Waals surface area (Å²) in [6.45, 7) is 8.33. The minimum atomic E-state index is -0.203. The summed E-state index contributed by atoms with van der Waals surface area (Å²) in [5.41, 5.74) is 0.142. The van der Waals surface area contributed by atoms with E-state index >= 15 is 0 Å². The van der Waals surface area contributed by atoms with E-state index in [1.165, 1.54) is 6.42 Å². The molecule has 0 bridgehead atoms. The Hall–Kier alpha value is -0.300. The molecule has 0 aliphatic rings. The van der Waals surface area contributed by atoms with Crippen LogP contribution in [0.4, 0.5) is 0 Å². The lowest BCUT2D eigenvalue weighted by Gasteiger charge is -2.21. The highest BCUT2D eigenvalue weighted by molar-refractivity contribution is 4.95. The number of allylic oxidation sites excluding steroid dienone is 2. The molecule has 0 rings (SSSR count). The number of aliphatic hydroxyl groups is 1. The molecule has 1 N–H and O–H groups in total. The van der Waals surface area contributed by atoms with Crippen molar-refractivity contribution in [2.75, 3.05) is 0 Å². The number of rotatable bonds is 5. The highest BCUT2D eigenvalue weighted by Gasteiger charge is 2.15. The molecule has 0 aromatic heterocycles. The molecule has 12 heavy (non-hydrogen) atoms. The zero-order valence-electron chi connectivity index (χ0n) is 8.80. The molecule has 0 aliphatic carbocycles. The summed E-state index contributed by atoms with van der Waals surface area (Å²) in [5, 5.41) is 9.21. The van der Waals surface area contributed by atoms with Crippen LogP contribution in [-0.2, 0) is 0 Å². The van der Waals surface area contributed by atoms with E-state index in [2.05, 4.69) is 32.9 Å². The number of unbranched alkanes of at least 4 members (excludes halogenated alkanes) is 1. The average Bonchev–Trinajstić information content (AvgIpc) is 1.84. The Morgan fingerprint density at radius 2 is 2.00 bits per heavy atom. The molecule has 1 nitrogen and oxygen atoms in total. The van der Waals surface area contributed by atoms with E-state index in [1.54, 1.807) is 0 Å². The van der Waals surface area contributed by atoms with Crippen LogP contribution in [0.15, 0.2) is 12.2 Å². The van der Waals surface area contributed by atoms with Gasteiger partial charge >= 0.3 is 0 Å². The lowest BCUT2D eigenvalue weighted by Crippen LogP contribution is -2.15. The first-order chi connectivity index (χ1) is 5.48. The van der Waals surface area contributed by atoms with Crippen molar-refractivity contribution in [1.82, 2.24) is 0 Å². The second kappa shape index (κ2) is 5.36. The SMILES string of the molecule is CCC/C=C/C(C)(C)CC(C)O. The van der Waals surface area contributed by atoms with Crippen molar-refractivity contribution in [3.63, 3.8) is 0 Å². The summed E-state index contributed by atoms with van der Waals surface area (Å²) < 4.78 is 0. The van der Waals surface area contributed by atoms with Gasteiger partial charge in [-0.1, -0.05) is 39.3 Å². The van der Waals surface area contributed by atoms with Crippen LogP contribution in [0.3, 0.4) is 0 Å². The van der Waals surface area contributed by atoms with Gasteiger partial charge in [-0.15, -0.1) is 0 Å². The van der Waals surface area contributed by atoms with Gasteiger partial charge in [-0.3, -0.25) is 0 Å². The quantitative estimate of drug-likeness (QED) is 0.628. The van der Waals surface area contributed by atoms with Gasteiger partial charge in [0.2, 0.25) is 0 Å². The minimum absolute atomic E-state index is 0.142. The Kier molecular flexibility index (Phi) is 5.23. The normalized spacial score (nSPS) is 15.4. The minimum Gasteiger partial charge on any atom is -0.393 e. The molecule has 1 atom stereocenters. The molecule has 1 unspecified atom stereocenters. The first kappa shape index (κ1) is 11.7. The molecule has 0 aromatic carbocycles.